The van der Waals surface area contributed by atoms with Crippen LogP contribution < -0.4 is 5.32 Å². The molecule has 0 saturated heterocycles. The molecule has 0 unspecified atom stereocenters. The maximum Gasteiger partial charge on any atom is 0.320 e. The fourth-order valence-electron chi connectivity index (χ4n) is 2.07. The molecule has 0 amide bonds. The van der Waals surface area contributed by atoms with Crippen molar-refractivity contribution in [2.24, 2.45) is 0 Å². The second-order valence-corrected chi connectivity index (χ2v) is 5.55. The van der Waals surface area contributed by atoms with Crippen LogP contribution in [0.15, 0.2) is 52.9 Å². The summed E-state index contributed by atoms with van der Waals surface area (Å²) in [5, 5.41) is 11.8. The molecule has 3 rings (SSSR count). The van der Waals surface area contributed by atoms with Gasteiger partial charge in [-0.2, -0.15) is 0 Å². The molecule has 0 aliphatic rings. The first kappa shape index (κ1) is 14.6. The molecule has 0 saturated carbocycles. The van der Waals surface area contributed by atoms with Crippen molar-refractivity contribution in [3.8, 4) is 0 Å². The van der Waals surface area contributed by atoms with Gasteiger partial charge in [-0.15, -0.1) is 5.10 Å². The lowest BCUT2D eigenvalue weighted by atomic mass is 10.1. The molecule has 22 heavy (non-hydrogen) atoms. The summed E-state index contributed by atoms with van der Waals surface area (Å²) in [5.41, 5.74) is 3.38. The van der Waals surface area contributed by atoms with Crippen LogP contribution in [0.1, 0.15) is 17.0 Å². The van der Waals surface area contributed by atoms with Crippen molar-refractivity contribution in [1.29, 1.82) is 0 Å². The predicted octanol–water partition coefficient (Wildman–Crippen LogP) is 4.56. The van der Waals surface area contributed by atoms with Crippen LogP contribution in [0.5, 0.6) is 0 Å². The summed E-state index contributed by atoms with van der Waals surface area (Å²) in [6.07, 6.45) is 1.60. The van der Waals surface area contributed by atoms with Gasteiger partial charge in [0.05, 0.1) is 0 Å². The molecule has 2 aromatic carbocycles. The Bertz CT molecular complexity index is 735. The van der Waals surface area contributed by atoms with Crippen LogP contribution >= 0.6 is 11.6 Å². The third kappa shape index (κ3) is 3.86. The Morgan fingerprint density at radius 2 is 1.68 bits per heavy atom. The molecule has 0 aliphatic heterocycles. The molecular formula is C17H16ClN3O. The summed E-state index contributed by atoms with van der Waals surface area (Å²) in [4.78, 5) is 0. The maximum atomic E-state index is 5.85. The van der Waals surface area contributed by atoms with E-state index in [2.05, 4.69) is 46.7 Å². The van der Waals surface area contributed by atoms with Crippen LogP contribution in [0.3, 0.4) is 0 Å². The minimum atomic E-state index is 0.390. The summed E-state index contributed by atoms with van der Waals surface area (Å²) in [6.45, 7) is 2.08. The first-order valence-corrected chi connectivity index (χ1v) is 7.47. The number of anilines is 2. The summed E-state index contributed by atoms with van der Waals surface area (Å²) in [5.74, 6) is 0.622. The number of benzene rings is 2. The third-order valence-electron chi connectivity index (χ3n) is 3.31. The van der Waals surface area contributed by atoms with Gasteiger partial charge in [-0.05, 0) is 43.2 Å². The normalized spacial score (nSPS) is 10.6. The highest BCUT2D eigenvalue weighted by molar-refractivity contribution is 6.30. The summed E-state index contributed by atoms with van der Waals surface area (Å²) in [6, 6.07) is 16.2. The Hall–Kier alpha value is -2.33. The first-order chi connectivity index (χ1) is 10.7. The van der Waals surface area contributed by atoms with E-state index in [1.165, 1.54) is 11.1 Å². The fourth-order valence-corrected chi connectivity index (χ4v) is 2.19. The van der Waals surface area contributed by atoms with Crippen molar-refractivity contribution in [2.75, 3.05) is 5.32 Å². The third-order valence-corrected chi connectivity index (χ3v) is 3.56. The summed E-state index contributed by atoms with van der Waals surface area (Å²) in [7, 11) is 0. The van der Waals surface area contributed by atoms with Gasteiger partial charge < -0.3 is 9.73 Å². The monoisotopic (exact) mass is 313 g/mol. The van der Waals surface area contributed by atoms with Gasteiger partial charge in [0.2, 0.25) is 5.89 Å². The van der Waals surface area contributed by atoms with Gasteiger partial charge in [0.1, 0.15) is 0 Å². The summed E-state index contributed by atoms with van der Waals surface area (Å²) < 4.78 is 5.60. The largest absolute Gasteiger partial charge is 0.408 e. The van der Waals surface area contributed by atoms with Gasteiger partial charge >= 0.3 is 6.01 Å². The highest BCUT2D eigenvalue weighted by Crippen LogP contribution is 2.18. The van der Waals surface area contributed by atoms with Crippen molar-refractivity contribution in [3.63, 3.8) is 0 Å². The van der Waals surface area contributed by atoms with Crippen LogP contribution in [-0.2, 0) is 12.8 Å². The second kappa shape index (κ2) is 6.62. The molecular weight excluding hydrogens is 298 g/mol. The molecule has 0 radical (unpaired) electrons. The van der Waals surface area contributed by atoms with Crippen LogP contribution in [0.2, 0.25) is 5.02 Å². The Balaban J connectivity index is 1.59. The molecule has 4 nitrogen and oxygen atoms in total. The lowest BCUT2D eigenvalue weighted by Gasteiger charge is -2.01. The van der Waals surface area contributed by atoms with Gasteiger partial charge in [-0.3, -0.25) is 0 Å². The van der Waals surface area contributed by atoms with E-state index in [0.29, 0.717) is 16.9 Å². The zero-order chi connectivity index (χ0) is 15.4. The van der Waals surface area contributed by atoms with Crippen molar-refractivity contribution in [2.45, 2.75) is 19.8 Å². The minimum absolute atomic E-state index is 0.390. The molecule has 0 atom stereocenters. The van der Waals surface area contributed by atoms with E-state index in [1.54, 1.807) is 12.1 Å². The van der Waals surface area contributed by atoms with Gasteiger partial charge in [-0.25, -0.2) is 0 Å². The van der Waals surface area contributed by atoms with E-state index in [-0.39, 0.29) is 0 Å². The smallest absolute Gasteiger partial charge is 0.320 e. The standard InChI is InChI=1S/C17H16ClN3O/c1-12-2-4-13(5-3-12)6-11-16-20-21-17(22-16)19-15-9-7-14(18)8-10-15/h2-5,7-10H,6,11H2,1H3,(H,19,21). The predicted molar refractivity (Wildman–Crippen MR) is 87.6 cm³/mol. The quantitative estimate of drug-likeness (QED) is 0.750. The number of aromatic nitrogens is 2. The highest BCUT2D eigenvalue weighted by atomic mass is 35.5. The maximum absolute atomic E-state index is 5.85. The van der Waals surface area contributed by atoms with Crippen LogP contribution in [0.4, 0.5) is 11.7 Å². The molecule has 1 N–H and O–H groups in total. The average Bonchev–Trinajstić information content (AvgIpc) is 2.97. The number of halogens is 1. The molecule has 1 heterocycles. The Kier molecular flexibility index (Phi) is 4.39. The number of rotatable bonds is 5. The molecule has 1 aromatic heterocycles. The number of nitrogens with one attached hydrogen (secondary N) is 1. The van der Waals surface area contributed by atoms with Gasteiger partial charge in [-0.1, -0.05) is 46.5 Å². The number of hydrogen-bond acceptors (Lipinski definition) is 4. The van der Waals surface area contributed by atoms with Gasteiger partial charge in [0, 0.05) is 17.1 Å². The van der Waals surface area contributed by atoms with Crippen LogP contribution in [-0.4, -0.2) is 10.2 Å². The van der Waals surface area contributed by atoms with E-state index in [9.17, 15) is 0 Å². The van der Waals surface area contributed by atoms with E-state index >= 15 is 0 Å². The number of hydrogen-bond donors (Lipinski definition) is 1. The molecule has 0 bridgehead atoms. The zero-order valence-corrected chi connectivity index (χ0v) is 13.0. The molecule has 0 aliphatic carbocycles. The number of nitrogens with zero attached hydrogens (tertiary/aromatic N) is 2. The number of aryl methyl sites for hydroxylation is 3. The average molecular weight is 314 g/mol. The van der Waals surface area contributed by atoms with Crippen molar-refractivity contribution < 1.29 is 4.42 Å². The van der Waals surface area contributed by atoms with E-state index < -0.39 is 0 Å². The first-order valence-electron chi connectivity index (χ1n) is 7.09. The van der Waals surface area contributed by atoms with Gasteiger partial charge in [0.25, 0.3) is 0 Å². The molecule has 3 aromatic rings. The Morgan fingerprint density at radius 3 is 2.41 bits per heavy atom. The lowest BCUT2D eigenvalue weighted by Crippen LogP contribution is -1.91. The molecule has 0 fully saturated rings. The molecule has 112 valence electrons. The highest BCUT2D eigenvalue weighted by Gasteiger charge is 2.06. The fraction of sp³-hybridized carbons (Fsp3) is 0.176. The SMILES string of the molecule is Cc1ccc(CCc2nnc(Nc3ccc(Cl)cc3)o2)cc1. The lowest BCUT2D eigenvalue weighted by molar-refractivity contribution is 0.507. The Morgan fingerprint density at radius 1 is 0.955 bits per heavy atom. The zero-order valence-electron chi connectivity index (χ0n) is 12.2. The topological polar surface area (TPSA) is 51.0 Å². The van der Waals surface area contributed by atoms with Gasteiger partial charge in [0.15, 0.2) is 0 Å². The molecule has 0 spiro atoms. The van der Waals surface area contributed by atoms with E-state index in [0.717, 1.165) is 18.5 Å². The Labute approximate surface area is 134 Å². The minimum Gasteiger partial charge on any atom is -0.408 e. The van der Waals surface area contributed by atoms with Crippen molar-refractivity contribution >= 4 is 23.3 Å². The van der Waals surface area contributed by atoms with Crippen molar-refractivity contribution in [1.82, 2.24) is 10.2 Å². The second-order valence-electron chi connectivity index (χ2n) is 5.12. The van der Waals surface area contributed by atoms with Crippen LogP contribution in [0.25, 0.3) is 0 Å². The van der Waals surface area contributed by atoms with Crippen LogP contribution in [0, 0.1) is 6.92 Å². The molecule has 5 heteroatoms. The van der Waals surface area contributed by atoms with E-state index in [4.69, 9.17) is 16.0 Å². The van der Waals surface area contributed by atoms with Crippen molar-refractivity contribution in [3.05, 3.63) is 70.6 Å². The van der Waals surface area contributed by atoms with E-state index in [1.807, 2.05) is 12.1 Å². The summed E-state index contributed by atoms with van der Waals surface area (Å²) >= 11 is 5.85.